The molecule has 1 unspecified atom stereocenters. The molecular formula is C11H10Br2ClNS2. The van der Waals surface area contributed by atoms with Crippen LogP contribution in [0.15, 0.2) is 19.7 Å². The number of hydrogen-bond acceptors (Lipinski definition) is 3. The predicted octanol–water partition coefficient (Wildman–Crippen LogP) is 5.61. The fraction of sp³-hybridized carbons (Fsp3) is 0.273. The molecule has 6 heteroatoms. The first-order chi connectivity index (χ1) is 8.02. The largest absolute Gasteiger partial charge is 0.308 e. The maximum Gasteiger partial charge on any atom is 0.0888 e. The summed E-state index contributed by atoms with van der Waals surface area (Å²) in [5, 5.41) is 4.11. The Hall–Kier alpha value is 0.610. The van der Waals surface area contributed by atoms with Crippen molar-refractivity contribution in [3.63, 3.8) is 0 Å². The molecule has 0 radical (unpaired) electrons. The molecule has 17 heavy (non-hydrogen) atoms. The molecular weight excluding hydrogens is 406 g/mol. The lowest BCUT2D eigenvalue weighted by molar-refractivity contribution is 0.716. The minimum Gasteiger partial charge on any atom is -0.308 e. The molecule has 0 aliphatic rings. The third-order valence-electron chi connectivity index (χ3n) is 2.40. The topological polar surface area (TPSA) is 12.0 Å². The Morgan fingerprint density at radius 2 is 1.76 bits per heavy atom. The molecule has 0 saturated heterocycles. The van der Waals surface area contributed by atoms with E-state index in [-0.39, 0.29) is 6.04 Å². The Morgan fingerprint density at radius 3 is 2.18 bits per heavy atom. The van der Waals surface area contributed by atoms with Gasteiger partial charge in [-0.05, 0) is 63.5 Å². The van der Waals surface area contributed by atoms with Crippen LogP contribution in [0.25, 0.3) is 0 Å². The van der Waals surface area contributed by atoms with Gasteiger partial charge >= 0.3 is 0 Å². The number of nitrogens with one attached hydrogen (secondary N) is 1. The van der Waals surface area contributed by atoms with Crippen molar-refractivity contribution in [3.8, 4) is 0 Å². The molecule has 0 amide bonds. The summed E-state index contributed by atoms with van der Waals surface area (Å²) in [5.74, 6) is 0. The zero-order valence-corrected chi connectivity index (χ0v) is 14.7. The second kappa shape index (κ2) is 5.72. The maximum atomic E-state index is 6.08. The van der Waals surface area contributed by atoms with E-state index in [1.165, 1.54) is 19.1 Å². The monoisotopic (exact) mass is 413 g/mol. The fourth-order valence-electron chi connectivity index (χ4n) is 1.56. The Kier molecular flexibility index (Phi) is 4.72. The first-order valence-corrected chi connectivity index (χ1v) is 8.50. The molecule has 92 valence electrons. The van der Waals surface area contributed by atoms with Crippen LogP contribution in [0.3, 0.4) is 0 Å². The summed E-state index contributed by atoms with van der Waals surface area (Å²) in [4.78, 5) is 2.51. The zero-order valence-electron chi connectivity index (χ0n) is 9.18. The highest BCUT2D eigenvalue weighted by Gasteiger charge is 2.19. The van der Waals surface area contributed by atoms with Crippen LogP contribution in [0.1, 0.15) is 21.4 Å². The number of halogens is 3. The van der Waals surface area contributed by atoms with Gasteiger partial charge in [-0.25, -0.2) is 0 Å². The smallest absolute Gasteiger partial charge is 0.0888 e. The summed E-state index contributed by atoms with van der Waals surface area (Å²) >= 11 is 16.5. The van der Waals surface area contributed by atoms with Crippen molar-refractivity contribution in [2.75, 3.05) is 7.05 Å². The second-order valence-electron chi connectivity index (χ2n) is 3.60. The summed E-state index contributed by atoms with van der Waals surface area (Å²) in [7, 11) is 1.97. The zero-order chi connectivity index (χ0) is 12.6. The van der Waals surface area contributed by atoms with Gasteiger partial charge in [-0.1, -0.05) is 11.6 Å². The lowest BCUT2D eigenvalue weighted by Crippen LogP contribution is -2.15. The molecule has 0 fully saturated rings. The van der Waals surface area contributed by atoms with Crippen molar-refractivity contribution < 1.29 is 0 Å². The number of hydrogen-bond donors (Lipinski definition) is 1. The van der Waals surface area contributed by atoms with E-state index in [0.29, 0.717) is 0 Å². The molecule has 0 spiro atoms. The van der Waals surface area contributed by atoms with Crippen molar-refractivity contribution in [1.29, 1.82) is 0 Å². The Balaban J connectivity index is 2.39. The van der Waals surface area contributed by atoms with Gasteiger partial charge in [-0.2, -0.15) is 0 Å². The quantitative estimate of drug-likeness (QED) is 0.687. The average molecular weight is 416 g/mol. The Labute approximate surface area is 130 Å². The lowest BCUT2D eigenvalue weighted by atomic mass is 10.2. The summed E-state index contributed by atoms with van der Waals surface area (Å²) in [5.41, 5.74) is 1.27. The molecule has 1 atom stereocenters. The van der Waals surface area contributed by atoms with Gasteiger partial charge in [0.2, 0.25) is 0 Å². The Bertz CT molecular complexity index is 450. The molecule has 0 aliphatic carbocycles. The third-order valence-corrected chi connectivity index (χ3v) is 7.14. The van der Waals surface area contributed by atoms with Gasteiger partial charge in [0.1, 0.15) is 0 Å². The normalized spacial score (nSPS) is 13.0. The predicted molar refractivity (Wildman–Crippen MR) is 84.7 cm³/mol. The maximum absolute atomic E-state index is 6.08. The van der Waals surface area contributed by atoms with E-state index in [1.807, 2.05) is 13.1 Å². The van der Waals surface area contributed by atoms with E-state index < -0.39 is 0 Å². The van der Waals surface area contributed by atoms with Crippen molar-refractivity contribution >= 4 is 66.1 Å². The SMILES string of the molecule is CNC(c1cc(C)c(Br)s1)c1cc(Cl)c(Br)s1. The molecule has 1 nitrogen and oxygen atoms in total. The standard InChI is InChI=1S/C11H10Br2ClNS2/c1-5-3-7(16-10(5)12)9(15-2)8-4-6(14)11(13)17-8/h3-4,9,15H,1-2H3. The van der Waals surface area contributed by atoms with E-state index >= 15 is 0 Å². The number of aryl methyl sites for hydroxylation is 1. The highest BCUT2D eigenvalue weighted by Crippen LogP contribution is 2.40. The fourth-order valence-corrected chi connectivity index (χ4v) is 5.21. The van der Waals surface area contributed by atoms with Crippen molar-refractivity contribution in [2.45, 2.75) is 13.0 Å². The lowest BCUT2D eigenvalue weighted by Gasteiger charge is -2.11. The third kappa shape index (κ3) is 2.96. The first-order valence-electron chi connectivity index (χ1n) is 4.90. The van der Waals surface area contributed by atoms with E-state index in [0.717, 1.165) is 8.81 Å². The molecule has 1 N–H and O–H groups in total. The van der Waals surface area contributed by atoms with Gasteiger partial charge in [-0.15, -0.1) is 22.7 Å². The summed E-state index contributed by atoms with van der Waals surface area (Å²) in [6.45, 7) is 2.11. The van der Waals surface area contributed by atoms with Gasteiger partial charge in [0.25, 0.3) is 0 Å². The van der Waals surface area contributed by atoms with Crippen LogP contribution in [-0.2, 0) is 0 Å². The second-order valence-corrected chi connectivity index (χ2v) is 8.81. The highest BCUT2D eigenvalue weighted by atomic mass is 79.9. The first kappa shape index (κ1) is 14.0. The van der Waals surface area contributed by atoms with Crippen molar-refractivity contribution in [2.24, 2.45) is 0 Å². The highest BCUT2D eigenvalue weighted by molar-refractivity contribution is 9.11. The molecule has 2 heterocycles. The summed E-state index contributed by atoms with van der Waals surface area (Å²) in [6, 6.07) is 4.43. The summed E-state index contributed by atoms with van der Waals surface area (Å²) < 4.78 is 2.18. The van der Waals surface area contributed by atoms with Crippen molar-refractivity contribution in [1.82, 2.24) is 5.32 Å². The van der Waals surface area contributed by atoms with E-state index in [4.69, 9.17) is 11.6 Å². The molecule has 0 aliphatic heterocycles. The minimum absolute atomic E-state index is 0.207. The van der Waals surface area contributed by atoms with Crippen LogP contribution in [0, 0.1) is 6.92 Å². The molecule has 0 saturated carbocycles. The molecule has 2 aromatic rings. The van der Waals surface area contributed by atoms with Gasteiger partial charge in [0.15, 0.2) is 0 Å². The summed E-state index contributed by atoms with van der Waals surface area (Å²) in [6.07, 6.45) is 0. The van der Waals surface area contributed by atoms with Crippen LogP contribution < -0.4 is 5.32 Å². The van der Waals surface area contributed by atoms with Crippen LogP contribution in [0.4, 0.5) is 0 Å². The van der Waals surface area contributed by atoms with Gasteiger partial charge < -0.3 is 5.32 Å². The average Bonchev–Trinajstić information content (AvgIpc) is 2.75. The van der Waals surface area contributed by atoms with Crippen LogP contribution in [-0.4, -0.2) is 7.05 Å². The van der Waals surface area contributed by atoms with E-state index in [1.54, 1.807) is 22.7 Å². The molecule has 2 aromatic heterocycles. The van der Waals surface area contributed by atoms with E-state index in [9.17, 15) is 0 Å². The van der Waals surface area contributed by atoms with Crippen LogP contribution in [0.5, 0.6) is 0 Å². The Morgan fingerprint density at radius 1 is 1.18 bits per heavy atom. The van der Waals surface area contributed by atoms with Crippen LogP contribution in [0.2, 0.25) is 5.02 Å². The molecule has 0 bridgehead atoms. The van der Waals surface area contributed by atoms with Crippen molar-refractivity contribution in [3.05, 3.63) is 40.0 Å². The van der Waals surface area contributed by atoms with E-state index in [2.05, 4.69) is 50.2 Å². The van der Waals surface area contributed by atoms with Gasteiger partial charge in [0.05, 0.1) is 18.6 Å². The minimum atomic E-state index is 0.207. The van der Waals surface area contributed by atoms with Crippen LogP contribution >= 0.6 is 66.1 Å². The molecule has 2 rings (SSSR count). The number of thiophene rings is 2. The van der Waals surface area contributed by atoms with Gasteiger partial charge in [-0.3, -0.25) is 0 Å². The molecule has 0 aromatic carbocycles. The van der Waals surface area contributed by atoms with Gasteiger partial charge in [0, 0.05) is 9.75 Å². The number of rotatable bonds is 3.